The number of carboxylic acids is 1. The largest absolute Gasteiger partial charge is 0.480 e. The molecule has 3 rings (SSSR count). The predicted molar refractivity (Wildman–Crippen MR) is 163 cm³/mol. The smallest absolute Gasteiger partial charge is 0.326 e. The normalized spacial score (nSPS) is 16.0. The molecule has 2 aromatic carbocycles. The van der Waals surface area contributed by atoms with E-state index in [9.17, 15) is 18.3 Å². The molecule has 0 aromatic heterocycles. The molecule has 4 N–H and O–H groups in total. The topological polar surface area (TPSA) is 113 Å². The highest BCUT2D eigenvalue weighted by molar-refractivity contribution is 7.89. The zero-order chi connectivity index (χ0) is 29.1. The van der Waals surface area contributed by atoms with Crippen LogP contribution in [0.25, 0.3) is 5.70 Å². The average Bonchev–Trinajstić information content (AvgIpc) is 2.94. The number of sulfonamides is 1. The number of nitrogens with zero attached hydrogens (tertiary/aromatic N) is 1. The Hall–Kier alpha value is -3.20. The van der Waals surface area contributed by atoms with Gasteiger partial charge in [0.25, 0.3) is 0 Å². The Morgan fingerprint density at radius 3 is 2.60 bits per heavy atom. The standard InChI is InChI=1S/C32H43N3O4S/c1-4-11-31(32(36)37)34-25(3)29-17-16-27(22-30(29)28-15-9-8-12-24(28)2)23-35(40(38,39)21-10-19-33)20-18-26-13-6-5-7-14-26/h5-9,12-14,16-17,22,28,31,34H,3-4,10-11,15,18-21,23,33H2,1-2H3,(H,36,37)/t28?,31-/m1/s1. The van der Waals surface area contributed by atoms with Gasteiger partial charge in [-0.2, -0.15) is 4.31 Å². The number of hydrogen-bond donors (Lipinski definition) is 3. The van der Waals surface area contributed by atoms with E-state index >= 15 is 0 Å². The van der Waals surface area contributed by atoms with Gasteiger partial charge in [0.2, 0.25) is 10.0 Å². The van der Waals surface area contributed by atoms with E-state index in [1.165, 1.54) is 5.57 Å². The highest BCUT2D eigenvalue weighted by Gasteiger charge is 2.25. The van der Waals surface area contributed by atoms with Gasteiger partial charge >= 0.3 is 5.97 Å². The Morgan fingerprint density at radius 2 is 1.95 bits per heavy atom. The Balaban J connectivity index is 1.96. The van der Waals surface area contributed by atoms with Gasteiger partial charge in [-0.25, -0.2) is 13.2 Å². The second kappa shape index (κ2) is 15.0. The van der Waals surface area contributed by atoms with Crippen molar-refractivity contribution in [2.45, 2.75) is 64.5 Å². The van der Waals surface area contributed by atoms with Crippen LogP contribution in [0.2, 0.25) is 0 Å². The molecule has 0 amide bonds. The number of rotatable bonds is 16. The summed E-state index contributed by atoms with van der Waals surface area (Å²) >= 11 is 0. The molecule has 0 bridgehead atoms. The zero-order valence-corrected chi connectivity index (χ0v) is 24.5. The molecule has 1 unspecified atom stereocenters. The van der Waals surface area contributed by atoms with Crippen molar-refractivity contribution >= 4 is 21.7 Å². The summed E-state index contributed by atoms with van der Waals surface area (Å²) in [5, 5.41) is 12.8. The van der Waals surface area contributed by atoms with E-state index in [2.05, 4.69) is 37.0 Å². The highest BCUT2D eigenvalue weighted by Crippen LogP contribution is 2.36. The SMILES string of the molecule is C=C(N[C@H](CCC)C(=O)O)c1ccc(CN(CCc2ccccc2)S(=O)(=O)CCCN)cc1C1CC=CC=C1C. The summed E-state index contributed by atoms with van der Waals surface area (Å²) in [7, 11) is -3.52. The number of hydrogen-bond acceptors (Lipinski definition) is 5. The van der Waals surface area contributed by atoms with Crippen LogP contribution in [-0.4, -0.2) is 48.7 Å². The second-order valence-electron chi connectivity index (χ2n) is 10.4. The number of benzene rings is 2. The number of nitrogens with two attached hydrogens (primary N) is 1. The molecule has 0 heterocycles. The van der Waals surface area contributed by atoms with E-state index in [4.69, 9.17) is 5.73 Å². The first-order chi connectivity index (χ1) is 19.2. The maximum atomic E-state index is 13.3. The van der Waals surface area contributed by atoms with E-state index in [0.29, 0.717) is 38.0 Å². The van der Waals surface area contributed by atoms with Gasteiger partial charge in [0.1, 0.15) is 6.04 Å². The molecular formula is C32H43N3O4S. The number of allylic oxidation sites excluding steroid dienone is 4. The zero-order valence-electron chi connectivity index (χ0n) is 23.7. The van der Waals surface area contributed by atoms with Crippen molar-refractivity contribution in [1.82, 2.24) is 9.62 Å². The van der Waals surface area contributed by atoms with E-state index in [-0.39, 0.29) is 18.2 Å². The van der Waals surface area contributed by atoms with Gasteiger partial charge in [-0.05, 0) is 55.8 Å². The van der Waals surface area contributed by atoms with Crippen molar-refractivity contribution in [3.63, 3.8) is 0 Å². The first kappa shape index (κ1) is 31.3. The second-order valence-corrected chi connectivity index (χ2v) is 12.5. The Kier molecular flexibility index (Phi) is 11.7. The molecule has 7 nitrogen and oxygen atoms in total. The van der Waals surface area contributed by atoms with E-state index in [1.54, 1.807) is 4.31 Å². The van der Waals surface area contributed by atoms with Crippen molar-refractivity contribution in [1.29, 1.82) is 0 Å². The molecular weight excluding hydrogens is 522 g/mol. The van der Waals surface area contributed by atoms with Gasteiger partial charge in [0.05, 0.1) is 5.75 Å². The maximum absolute atomic E-state index is 13.3. The number of aliphatic carboxylic acids is 1. The summed E-state index contributed by atoms with van der Waals surface area (Å²) in [6.07, 6.45) is 9.28. The molecule has 216 valence electrons. The van der Waals surface area contributed by atoms with Crippen LogP contribution in [0.5, 0.6) is 0 Å². The van der Waals surface area contributed by atoms with Crippen LogP contribution in [0, 0.1) is 0 Å². The Morgan fingerprint density at radius 1 is 1.20 bits per heavy atom. The molecule has 2 aromatic rings. The van der Waals surface area contributed by atoms with Crippen molar-refractivity contribution in [2.24, 2.45) is 5.73 Å². The van der Waals surface area contributed by atoms with Crippen LogP contribution in [0.1, 0.15) is 67.7 Å². The fourth-order valence-corrected chi connectivity index (χ4v) is 6.53. The summed E-state index contributed by atoms with van der Waals surface area (Å²) < 4.78 is 28.3. The van der Waals surface area contributed by atoms with Crippen molar-refractivity contribution in [2.75, 3.05) is 18.8 Å². The number of carbonyl (C=O) groups is 1. The average molecular weight is 566 g/mol. The summed E-state index contributed by atoms with van der Waals surface area (Å²) in [6.45, 7) is 9.17. The molecule has 0 saturated carbocycles. The first-order valence-electron chi connectivity index (χ1n) is 14.0. The third-order valence-electron chi connectivity index (χ3n) is 7.31. The lowest BCUT2D eigenvalue weighted by molar-refractivity contribution is -0.139. The van der Waals surface area contributed by atoms with Gasteiger partial charge in [-0.15, -0.1) is 0 Å². The van der Waals surface area contributed by atoms with Gasteiger partial charge in [0.15, 0.2) is 0 Å². The fourth-order valence-electron chi connectivity index (χ4n) is 5.03. The molecule has 1 aliphatic rings. The third-order valence-corrected chi connectivity index (χ3v) is 9.21. The van der Waals surface area contributed by atoms with Crippen LogP contribution >= 0.6 is 0 Å². The predicted octanol–water partition coefficient (Wildman–Crippen LogP) is 5.21. The van der Waals surface area contributed by atoms with Gasteiger partial charge < -0.3 is 16.2 Å². The van der Waals surface area contributed by atoms with Crippen molar-refractivity contribution in [3.8, 4) is 0 Å². The Labute approximate surface area is 239 Å². The van der Waals surface area contributed by atoms with E-state index in [0.717, 1.165) is 35.1 Å². The lowest BCUT2D eigenvalue weighted by atomic mass is 9.82. The van der Waals surface area contributed by atoms with Crippen LogP contribution in [0.15, 0.2) is 78.9 Å². The van der Waals surface area contributed by atoms with Crippen LogP contribution in [-0.2, 0) is 27.8 Å². The van der Waals surface area contributed by atoms with Crippen molar-refractivity contribution < 1.29 is 18.3 Å². The van der Waals surface area contributed by atoms with Gasteiger partial charge in [-0.3, -0.25) is 0 Å². The lowest BCUT2D eigenvalue weighted by Crippen LogP contribution is -2.35. The van der Waals surface area contributed by atoms with Gasteiger partial charge in [-0.1, -0.05) is 92.3 Å². The molecule has 40 heavy (non-hydrogen) atoms. The monoisotopic (exact) mass is 565 g/mol. The fraction of sp³-hybridized carbons (Fsp3) is 0.406. The quantitative estimate of drug-likeness (QED) is 0.257. The lowest BCUT2D eigenvalue weighted by Gasteiger charge is -2.27. The minimum atomic E-state index is -3.52. The van der Waals surface area contributed by atoms with Crippen molar-refractivity contribution in [3.05, 3.63) is 101 Å². The molecule has 1 aliphatic carbocycles. The molecule has 0 spiro atoms. The van der Waals surface area contributed by atoms with Gasteiger partial charge in [0, 0.05) is 30.3 Å². The summed E-state index contributed by atoms with van der Waals surface area (Å²) in [5.41, 5.74) is 11.2. The van der Waals surface area contributed by atoms with Crippen LogP contribution in [0.3, 0.4) is 0 Å². The number of nitrogens with one attached hydrogen (secondary N) is 1. The first-order valence-corrected chi connectivity index (χ1v) is 15.6. The molecule has 0 aliphatic heterocycles. The highest BCUT2D eigenvalue weighted by atomic mass is 32.2. The molecule has 0 fully saturated rings. The van der Waals surface area contributed by atoms with Crippen LogP contribution in [0.4, 0.5) is 0 Å². The number of carboxylic acid groups (broad SMARTS) is 1. The molecule has 2 atom stereocenters. The summed E-state index contributed by atoms with van der Waals surface area (Å²) in [4.78, 5) is 11.8. The summed E-state index contributed by atoms with van der Waals surface area (Å²) in [6, 6.07) is 15.1. The minimum Gasteiger partial charge on any atom is -0.480 e. The van der Waals surface area contributed by atoms with Crippen LogP contribution < -0.4 is 11.1 Å². The molecule has 0 saturated heterocycles. The molecule has 8 heteroatoms. The Bertz CT molecular complexity index is 1320. The minimum absolute atomic E-state index is 0.00717. The van der Waals surface area contributed by atoms with E-state index < -0.39 is 22.0 Å². The molecule has 0 radical (unpaired) electrons. The van der Waals surface area contributed by atoms with E-state index in [1.807, 2.05) is 55.5 Å². The third kappa shape index (κ3) is 8.65. The maximum Gasteiger partial charge on any atom is 0.326 e. The summed E-state index contributed by atoms with van der Waals surface area (Å²) in [5.74, 6) is -0.818.